The minimum Gasteiger partial charge on any atom is -0.549 e. The monoisotopic (exact) mass is 226 g/mol. The zero-order valence-corrected chi connectivity index (χ0v) is 10.8. The molecule has 0 aromatic heterocycles. The molecule has 0 saturated carbocycles. The Hall–Kier alpha value is 0.200. The van der Waals surface area contributed by atoms with Crippen molar-refractivity contribution < 1.29 is 19.8 Å². The molecule has 0 N–H and O–H groups in total. The Balaban J connectivity index is 0. The fourth-order valence-corrected chi connectivity index (χ4v) is 1.30. The molecule has 0 aromatic rings. The Morgan fingerprint density at radius 2 is 1.64 bits per heavy atom. The molecule has 0 amide bonds. The van der Waals surface area contributed by atoms with Crippen molar-refractivity contribution in [3.8, 4) is 0 Å². The molecule has 76 valence electrons. The van der Waals surface area contributed by atoms with Crippen LogP contribution in [0.2, 0.25) is 0 Å². The van der Waals surface area contributed by atoms with Gasteiger partial charge in [0.05, 0.1) is 11.9 Å². The van der Waals surface area contributed by atoms with Crippen LogP contribution in [0.25, 0.3) is 0 Å². The van der Waals surface area contributed by atoms with Crippen molar-refractivity contribution in [2.75, 3.05) is 0 Å². The summed E-state index contributed by atoms with van der Waals surface area (Å²) < 4.78 is 0. The normalized spacial score (nSPS) is 11.9. The van der Waals surface area contributed by atoms with E-state index in [9.17, 15) is 19.8 Å². The van der Waals surface area contributed by atoms with E-state index in [1.165, 1.54) is 0 Å². The summed E-state index contributed by atoms with van der Waals surface area (Å²) in [5.41, 5.74) is 0. The van der Waals surface area contributed by atoms with Gasteiger partial charge in [0.15, 0.2) is 0 Å². The van der Waals surface area contributed by atoms with Gasteiger partial charge < -0.3 is 19.8 Å². The molecule has 0 saturated heterocycles. The zero-order valence-electron chi connectivity index (χ0n) is 8.62. The Morgan fingerprint density at radius 3 is 1.93 bits per heavy atom. The van der Waals surface area contributed by atoms with Gasteiger partial charge in [0, 0.05) is 5.92 Å². The van der Waals surface area contributed by atoms with Gasteiger partial charge in [-0.1, -0.05) is 26.7 Å². The third kappa shape index (κ3) is 6.62. The first kappa shape index (κ1) is 16.6. The van der Waals surface area contributed by atoms with E-state index in [0.29, 0.717) is 0 Å². The van der Waals surface area contributed by atoms with Crippen molar-refractivity contribution in [3.63, 3.8) is 0 Å². The van der Waals surface area contributed by atoms with E-state index in [2.05, 4.69) is 0 Å². The van der Waals surface area contributed by atoms with Crippen LogP contribution in [0, 0.1) is 11.8 Å². The Kier molecular flexibility index (Phi) is 10.1. The number of rotatable bonds is 6. The van der Waals surface area contributed by atoms with Gasteiger partial charge in [-0.15, -0.1) is 0 Å². The molecule has 0 aromatic carbocycles. The predicted octanol–water partition coefficient (Wildman–Crippen LogP) is -1.45. The van der Waals surface area contributed by atoms with Gasteiger partial charge >= 0.3 is 37.7 Å². The van der Waals surface area contributed by atoms with Gasteiger partial charge in [-0.2, -0.15) is 0 Å². The fourth-order valence-electron chi connectivity index (χ4n) is 1.30. The van der Waals surface area contributed by atoms with Gasteiger partial charge in [0.2, 0.25) is 0 Å². The van der Waals surface area contributed by atoms with E-state index in [1.807, 2.05) is 13.8 Å². The number of carbonyl (C=O) groups is 2. The van der Waals surface area contributed by atoms with Crippen molar-refractivity contribution >= 4 is 49.7 Å². The SMILES string of the molecule is CCCC(C)CC(C(=O)[O-])C(=O)[O-].[Ca+2]. The average Bonchev–Trinajstić information content (AvgIpc) is 1.99. The minimum atomic E-state index is -1.55. The number of hydrogen-bond donors (Lipinski definition) is 0. The van der Waals surface area contributed by atoms with Crippen LogP contribution in [0.1, 0.15) is 33.1 Å². The van der Waals surface area contributed by atoms with Gasteiger partial charge in [0.25, 0.3) is 0 Å². The summed E-state index contributed by atoms with van der Waals surface area (Å²) in [4.78, 5) is 20.7. The molecular weight excluding hydrogens is 212 g/mol. The molecule has 1 unspecified atom stereocenters. The van der Waals surface area contributed by atoms with Crippen molar-refractivity contribution in [1.29, 1.82) is 0 Å². The molecule has 4 nitrogen and oxygen atoms in total. The standard InChI is InChI=1S/C9H16O4.Ca/c1-3-4-6(2)5-7(8(10)11)9(12)13;/h6-7H,3-5H2,1-2H3,(H,10,11)(H,12,13);/q;+2/p-2. The molecule has 0 bridgehead atoms. The van der Waals surface area contributed by atoms with E-state index >= 15 is 0 Å². The van der Waals surface area contributed by atoms with Crippen LogP contribution >= 0.6 is 0 Å². The summed E-state index contributed by atoms with van der Waals surface area (Å²) in [7, 11) is 0. The smallest absolute Gasteiger partial charge is 0.549 e. The Morgan fingerprint density at radius 1 is 1.21 bits per heavy atom. The maximum absolute atomic E-state index is 10.3. The van der Waals surface area contributed by atoms with Crippen molar-refractivity contribution in [2.24, 2.45) is 11.8 Å². The zero-order chi connectivity index (χ0) is 10.4. The fraction of sp³-hybridized carbons (Fsp3) is 0.778. The molecule has 5 heteroatoms. The molecule has 0 heterocycles. The molecule has 0 radical (unpaired) electrons. The first-order chi connectivity index (χ1) is 5.99. The number of carboxylic acid groups (broad SMARTS) is 2. The van der Waals surface area contributed by atoms with Crippen molar-refractivity contribution in [1.82, 2.24) is 0 Å². The summed E-state index contributed by atoms with van der Waals surface area (Å²) in [5.74, 6) is -4.50. The second-order valence-corrected chi connectivity index (χ2v) is 3.32. The first-order valence-electron chi connectivity index (χ1n) is 4.40. The topological polar surface area (TPSA) is 80.3 Å². The molecule has 0 aliphatic heterocycles. The molecule has 0 aliphatic carbocycles. The van der Waals surface area contributed by atoms with Crippen LogP contribution in [-0.2, 0) is 9.59 Å². The molecule has 0 spiro atoms. The van der Waals surface area contributed by atoms with E-state index in [1.54, 1.807) is 0 Å². The van der Waals surface area contributed by atoms with Crippen LogP contribution in [0.15, 0.2) is 0 Å². The quantitative estimate of drug-likeness (QED) is 0.410. The van der Waals surface area contributed by atoms with Crippen LogP contribution < -0.4 is 10.2 Å². The third-order valence-corrected chi connectivity index (χ3v) is 1.99. The summed E-state index contributed by atoms with van der Waals surface area (Å²) in [6.07, 6.45) is 1.82. The van der Waals surface area contributed by atoms with E-state index < -0.39 is 17.9 Å². The number of aliphatic carboxylic acids is 2. The van der Waals surface area contributed by atoms with Crippen LogP contribution in [-0.4, -0.2) is 49.7 Å². The maximum atomic E-state index is 10.3. The number of carbonyl (C=O) groups excluding carboxylic acids is 2. The molecule has 0 aliphatic rings. The van der Waals surface area contributed by atoms with Crippen molar-refractivity contribution in [2.45, 2.75) is 33.1 Å². The maximum Gasteiger partial charge on any atom is 2.00 e. The molecular formula is C9H14CaO4. The molecule has 1 atom stereocenters. The minimum absolute atomic E-state index is 0. The van der Waals surface area contributed by atoms with Gasteiger partial charge in [-0.3, -0.25) is 0 Å². The summed E-state index contributed by atoms with van der Waals surface area (Å²) in [5, 5.41) is 20.7. The largest absolute Gasteiger partial charge is 2.00 e. The van der Waals surface area contributed by atoms with E-state index in [0.717, 1.165) is 12.8 Å². The van der Waals surface area contributed by atoms with Crippen LogP contribution in [0.5, 0.6) is 0 Å². The summed E-state index contributed by atoms with van der Waals surface area (Å²) in [6, 6.07) is 0. The molecule has 0 rings (SSSR count). The second kappa shape index (κ2) is 8.50. The number of hydrogen-bond acceptors (Lipinski definition) is 4. The van der Waals surface area contributed by atoms with Gasteiger partial charge in [-0.25, -0.2) is 0 Å². The summed E-state index contributed by atoms with van der Waals surface area (Å²) in [6.45, 7) is 3.78. The third-order valence-electron chi connectivity index (χ3n) is 1.99. The molecule has 14 heavy (non-hydrogen) atoms. The van der Waals surface area contributed by atoms with E-state index in [4.69, 9.17) is 0 Å². The predicted molar refractivity (Wildman–Crippen MR) is 47.9 cm³/mol. The average molecular weight is 226 g/mol. The van der Waals surface area contributed by atoms with E-state index in [-0.39, 0.29) is 50.1 Å². The Labute approximate surface area is 114 Å². The number of carboxylic acids is 2. The summed E-state index contributed by atoms with van der Waals surface area (Å²) >= 11 is 0. The second-order valence-electron chi connectivity index (χ2n) is 3.32. The van der Waals surface area contributed by atoms with Crippen LogP contribution in [0.3, 0.4) is 0 Å². The first-order valence-corrected chi connectivity index (χ1v) is 4.40. The van der Waals surface area contributed by atoms with Crippen LogP contribution in [0.4, 0.5) is 0 Å². The molecule has 0 fully saturated rings. The van der Waals surface area contributed by atoms with Gasteiger partial charge in [0.1, 0.15) is 0 Å². The Bertz CT molecular complexity index is 179. The van der Waals surface area contributed by atoms with Crippen molar-refractivity contribution in [3.05, 3.63) is 0 Å². The van der Waals surface area contributed by atoms with Gasteiger partial charge in [-0.05, 0) is 12.3 Å².